The molecule has 0 radical (unpaired) electrons. The van der Waals surface area contributed by atoms with Gasteiger partial charge in [0.1, 0.15) is 6.29 Å². The predicted octanol–water partition coefficient (Wildman–Crippen LogP) is 3.77. The third kappa shape index (κ3) is 3.93. The van der Waals surface area contributed by atoms with E-state index in [9.17, 15) is 23.3 Å². The number of aryl methyl sites for hydroxylation is 1. The van der Waals surface area contributed by atoms with Crippen LogP contribution in [0.1, 0.15) is 30.4 Å². The minimum absolute atomic E-state index is 0.128. The van der Waals surface area contributed by atoms with Crippen LogP contribution in [-0.2, 0) is 14.8 Å². The Hall–Kier alpha value is -3.00. The molecule has 3 rings (SSSR count). The zero-order valence-corrected chi connectivity index (χ0v) is 17.0. The molecule has 0 aliphatic rings. The largest absolute Gasteiger partial charge is 0.303 e. The molecule has 0 aliphatic carbocycles. The van der Waals surface area contributed by atoms with Crippen molar-refractivity contribution in [1.29, 1.82) is 0 Å². The van der Waals surface area contributed by atoms with Crippen molar-refractivity contribution in [2.45, 2.75) is 31.1 Å². The van der Waals surface area contributed by atoms with Crippen LogP contribution in [0.25, 0.3) is 10.9 Å². The van der Waals surface area contributed by atoms with Gasteiger partial charge in [-0.25, -0.2) is 12.4 Å². The van der Waals surface area contributed by atoms with Crippen molar-refractivity contribution >= 4 is 27.2 Å². The highest BCUT2D eigenvalue weighted by Gasteiger charge is 2.31. The molecule has 0 bridgehead atoms. The first-order chi connectivity index (χ1) is 13.8. The van der Waals surface area contributed by atoms with Gasteiger partial charge in [-0.3, -0.25) is 10.1 Å². The van der Waals surface area contributed by atoms with Crippen LogP contribution >= 0.6 is 0 Å². The fraction of sp³-hybridized carbons (Fsp3) is 0.286. The molecule has 8 heteroatoms. The van der Waals surface area contributed by atoms with Crippen LogP contribution in [0.2, 0.25) is 0 Å². The van der Waals surface area contributed by atoms with E-state index in [0.717, 1.165) is 15.8 Å². The summed E-state index contributed by atoms with van der Waals surface area (Å²) in [5.74, 6) is -1.30. The average Bonchev–Trinajstić information content (AvgIpc) is 3.08. The molecule has 0 amide bonds. The topological polar surface area (TPSA) is 99.3 Å². The lowest BCUT2D eigenvalue weighted by molar-refractivity contribution is -0.484. The standard InChI is InChI=1S/C21H22N2O5S/c1-3-16(14-24)19(13-23(25)26)20-12-22(21-7-5-4-6-18(20)21)29(27,28)17-10-8-15(2)9-11-17/h4-12,14,16,19H,3,13H2,1-2H3/t16-,19-/m1/s1. The van der Waals surface area contributed by atoms with Gasteiger partial charge in [-0.05, 0) is 37.1 Å². The van der Waals surface area contributed by atoms with Gasteiger partial charge in [0.2, 0.25) is 6.54 Å². The van der Waals surface area contributed by atoms with Crippen LogP contribution in [0.3, 0.4) is 0 Å². The summed E-state index contributed by atoms with van der Waals surface area (Å²) in [6.07, 6.45) is 2.57. The molecule has 2 aromatic carbocycles. The van der Waals surface area contributed by atoms with E-state index in [1.54, 1.807) is 43.3 Å². The molecule has 3 aromatic rings. The van der Waals surface area contributed by atoms with Crippen molar-refractivity contribution < 1.29 is 18.1 Å². The second-order valence-corrected chi connectivity index (χ2v) is 8.86. The number of carbonyl (C=O) groups is 1. The number of hydrogen-bond acceptors (Lipinski definition) is 5. The van der Waals surface area contributed by atoms with Crippen LogP contribution in [-0.4, -0.2) is 30.1 Å². The highest BCUT2D eigenvalue weighted by atomic mass is 32.2. The van der Waals surface area contributed by atoms with E-state index in [-0.39, 0.29) is 4.90 Å². The van der Waals surface area contributed by atoms with Gasteiger partial charge in [-0.1, -0.05) is 42.8 Å². The van der Waals surface area contributed by atoms with Gasteiger partial charge in [-0.15, -0.1) is 0 Å². The molecule has 1 heterocycles. The zero-order chi connectivity index (χ0) is 21.2. The van der Waals surface area contributed by atoms with E-state index in [4.69, 9.17) is 0 Å². The van der Waals surface area contributed by atoms with Crippen LogP contribution < -0.4 is 0 Å². The number of aldehydes is 1. The number of rotatable bonds is 8. The monoisotopic (exact) mass is 414 g/mol. The first kappa shape index (κ1) is 20.7. The molecule has 0 fully saturated rings. The summed E-state index contributed by atoms with van der Waals surface area (Å²) >= 11 is 0. The van der Waals surface area contributed by atoms with Crippen molar-refractivity contribution in [2.75, 3.05) is 6.54 Å². The highest BCUT2D eigenvalue weighted by molar-refractivity contribution is 7.90. The van der Waals surface area contributed by atoms with Gasteiger partial charge in [0.05, 0.1) is 16.3 Å². The molecule has 0 N–H and O–H groups in total. The Morgan fingerprint density at radius 2 is 1.79 bits per heavy atom. The van der Waals surface area contributed by atoms with Gasteiger partial charge in [0.15, 0.2) is 0 Å². The lowest BCUT2D eigenvalue weighted by Gasteiger charge is -2.17. The summed E-state index contributed by atoms with van der Waals surface area (Å²) < 4.78 is 27.7. The summed E-state index contributed by atoms with van der Waals surface area (Å²) in [5.41, 5.74) is 1.86. The first-order valence-corrected chi connectivity index (χ1v) is 10.7. The maximum absolute atomic E-state index is 13.3. The quantitative estimate of drug-likeness (QED) is 0.317. The van der Waals surface area contributed by atoms with Gasteiger partial charge >= 0.3 is 0 Å². The first-order valence-electron chi connectivity index (χ1n) is 9.29. The number of aromatic nitrogens is 1. The maximum Gasteiger partial charge on any atom is 0.268 e. The summed E-state index contributed by atoms with van der Waals surface area (Å²) in [7, 11) is -3.90. The lowest BCUT2D eigenvalue weighted by Crippen LogP contribution is -2.22. The Morgan fingerprint density at radius 1 is 1.14 bits per heavy atom. The van der Waals surface area contributed by atoms with Crippen LogP contribution in [0, 0.1) is 23.0 Å². The molecule has 0 saturated heterocycles. The number of hydrogen-bond donors (Lipinski definition) is 0. The lowest BCUT2D eigenvalue weighted by atomic mass is 9.85. The number of carbonyl (C=O) groups excluding carboxylic acids is 1. The van der Waals surface area contributed by atoms with E-state index in [1.165, 1.54) is 18.3 Å². The molecule has 0 aliphatic heterocycles. The predicted molar refractivity (Wildman–Crippen MR) is 110 cm³/mol. The summed E-state index contributed by atoms with van der Waals surface area (Å²) in [6.45, 7) is 3.20. The molecular formula is C21H22N2O5S. The number of nitro groups is 1. The van der Waals surface area contributed by atoms with Gasteiger partial charge in [0, 0.05) is 22.4 Å². The van der Waals surface area contributed by atoms with Crippen LogP contribution in [0.15, 0.2) is 59.6 Å². The Morgan fingerprint density at radius 3 is 2.38 bits per heavy atom. The molecular weight excluding hydrogens is 392 g/mol. The average molecular weight is 414 g/mol. The van der Waals surface area contributed by atoms with E-state index < -0.39 is 33.3 Å². The number of nitrogens with zero attached hydrogens (tertiary/aromatic N) is 2. The Bertz CT molecular complexity index is 1150. The Labute approximate surface area is 169 Å². The van der Waals surface area contributed by atoms with E-state index in [0.29, 0.717) is 22.9 Å². The summed E-state index contributed by atoms with van der Waals surface area (Å²) in [6, 6.07) is 13.4. The number of fused-ring (bicyclic) bond motifs is 1. The van der Waals surface area contributed by atoms with Crippen molar-refractivity contribution in [1.82, 2.24) is 3.97 Å². The Kier molecular flexibility index (Phi) is 5.83. The fourth-order valence-corrected chi connectivity index (χ4v) is 4.97. The third-order valence-electron chi connectivity index (χ3n) is 5.19. The van der Waals surface area contributed by atoms with Gasteiger partial charge in [0.25, 0.3) is 10.0 Å². The van der Waals surface area contributed by atoms with E-state index in [2.05, 4.69) is 0 Å². The molecule has 0 saturated carbocycles. The second kappa shape index (κ2) is 8.16. The smallest absolute Gasteiger partial charge is 0.268 e. The molecule has 1 aromatic heterocycles. The maximum atomic E-state index is 13.3. The zero-order valence-electron chi connectivity index (χ0n) is 16.2. The van der Waals surface area contributed by atoms with E-state index in [1.807, 2.05) is 6.92 Å². The van der Waals surface area contributed by atoms with Crippen LogP contribution in [0.5, 0.6) is 0 Å². The second-order valence-electron chi connectivity index (χ2n) is 7.05. The number of benzene rings is 2. The van der Waals surface area contributed by atoms with Crippen molar-refractivity contribution in [3.63, 3.8) is 0 Å². The molecule has 152 valence electrons. The summed E-state index contributed by atoms with van der Waals surface area (Å²) in [4.78, 5) is 22.5. The van der Waals surface area contributed by atoms with Crippen LogP contribution in [0.4, 0.5) is 0 Å². The molecule has 0 unspecified atom stereocenters. The van der Waals surface area contributed by atoms with Gasteiger partial charge in [-0.2, -0.15) is 0 Å². The molecule has 2 atom stereocenters. The minimum Gasteiger partial charge on any atom is -0.303 e. The highest BCUT2D eigenvalue weighted by Crippen LogP contribution is 2.35. The minimum atomic E-state index is -3.90. The SMILES string of the molecule is CC[C@H](C=O)[C@@H](C[N+](=O)[O-])c1cn(S(=O)(=O)c2ccc(C)cc2)c2ccccc12. The van der Waals surface area contributed by atoms with Crippen molar-refractivity contribution in [2.24, 2.45) is 5.92 Å². The number of para-hydroxylation sites is 1. The van der Waals surface area contributed by atoms with Gasteiger partial charge < -0.3 is 4.79 Å². The third-order valence-corrected chi connectivity index (χ3v) is 6.88. The van der Waals surface area contributed by atoms with Crippen molar-refractivity contribution in [3.8, 4) is 0 Å². The molecule has 7 nitrogen and oxygen atoms in total. The summed E-state index contributed by atoms with van der Waals surface area (Å²) in [5, 5.41) is 11.9. The van der Waals surface area contributed by atoms with E-state index >= 15 is 0 Å². The Balaban J connectivity index is 2.25. The normalized spacial score (nSPS) is 13.9. The fourth-order valence-electron chi connectivity index (χ4n) is 3.59. The molecule has 29 heavy (non-hydrogen) atoms. The van der Waals surface area contributed by atoms with Crippen molar-refractivity contribution in [3.05, 3.63) is 76.0 Å². The molecule has 0 spiro atoms.